The molecule has 3 nitrogen and oxygen atoms in total. The van der Waals surface area contributed by atoms with Crippen molar-refractivity contribution in [3.63, 3.8) is 0 Å². The molecule has 1 aliphatic heterocycles. The summed E-state index contributed by atoms with van der Waals surface area (Å²) in [5, 5.41) is 4.35. The quantitative estimate of drug-likeness (QED) is 0.916. The third-order valence-electron chi connectivity index (χ3n) is 4.36. The third kappa shape index (κ3) is 2.03. The van der Waals surface area contributed by atoms with Gasteiger partial charge in [-0.1, -0.05) is 32.0 Å². The van der Waals surface area contributed by atoms with Crippen molar-refractivity contribution in [3.8, 4) is 0 Å². The first kappa shape index (κ1) is 12.3. The van der Waals surface area contributed by atoms with E-state index < -0.39 is 0 Å². The zero-order valence-corrected chi connectivity index (χ0v) is 11.4. The Hall–Kier alpha value is -1.77. The van der Waals surface area contributed by atoms with Gasteiger partial charge in [0.15, 0.2) is 0 Å². The summed E-state index contributed by atoms with van der Waals surface area (Å²) in [4.78, 5) is 11.6. The van der Waals surface area contributed by atoms with Crippen LogP contribution in [0.2, 0.25) is 0 Å². The molecular weight excluding hydrogens is 238 g/mol. The van der Waals surface area contributed by atoms with Gasteiger partial charge in [-0.05, 0) is 24.8 Å². The molecule has 19 heavy (non-hydrogen) atoms. The van der Waals surface area contributed by atoms with E-state index in [2.05, 4.69) is 25.2 Å². The Morgan fingerprint density at radius 2 is 2.16 bits per heavy atom. The molecule has 1 aliphatic rings. The number of hydrogen-bond donors (Lipinski definition) is 1. The normalized spacial score (nSPS) is 23.2. The molecule has 0 spiro atoms. The van der Waals surface area contributed by atoms with Crippen LogP contribution in [0.25, 0.3) is 11.0 Å². The Bertz CT molecular complexity index is 614. The number of carbonyl (C=O) groups excluding carboxylic acids is 1. The maximum absolute atomic E-state index is 11.6. The van der Waals surface area contributed by atoms with E-state index in [9.17, 15) is 4.79 Å². The number of rotatable bonds is 3. The topological polar surface area (TPSA) is 42.2 Å². The second-order valence-corrected chi connectivity index (χ2v) is 5.79. The first-order valence-electron chi connectivity index (χ1n) is 6.87. The lowest BCUT2D eigenvalue weighted by molar-refractivity contribution is -0.120. The number of para-hydroxylation sites is 1. The fourth-order valence-electron chi connectivity index (χ4n) is 3.02. The van der Waals surface area contributed by atoms with Crippen LogP contribution in [0.5, 0.6) is 0 Å². The van der Waals surface area contributed by atoms with Crippen molar-refractivity contribution in [2.75, 3.05) is 0 Å². The van der Waals surface area contributed by atoms with Crippen molar-refractivity contribution >= 4 is 16.9 Å². The van der Waals surface area contributed by atoms with Crippen molar-refractivity contribution in [3.05, 3.63) is 36.1 Å². The number of amides is 1. The van der Waals surface area contributed by atoms with Crippen LogP contribution in [0.3, 0.4) is 0 Å². The molecule has 1 N–H and O–H groups in total. The molecule has 1 aromatic heterocycles. The Balaban J connectivity index is 1.97. The highest BCUT2D eigenvalue weighted by molar-refractivity contribution is 5.82. The summed E-state index contributed by atoms with van der Waals surface area (Å²) >= 11 is 0. The number of furan rings is 1. The van der Waals surface area contributed by atoms with Gasteiger partial charge in [-0.2, -0.15) is 0 Å². The summed E-state index contributed by atoms with van der Waals surface area (Å²) in [6.07, 6.45) is 4.21. The van der Waals surface area contributed by atoms with E-state index in [1.54, 1.807) is 0 Å². The van der Waals surface area contributed by atoms with E-state index in [1.807, 2.05) is 24.5 Å². The van der Waals surface area contributed by atoms with Crippen molar-refractivity contribution in [1.82, 2.24) is 5.32 Å². The molecule has 2 heterocycles. The Labute approximate surface area is 113 Å². The molecular formula is C16H19NO2. The molecule has 0 radical (unpaired) electrons. The smallest absolute Gasteiger partial charge is 0.220 e. The highest BCUT2D eigenvalue weighted by atomic mass is 16.3. The van der Waals surface area contributed by atoms with E-state index in [4.69, 9.17) is 4.42 Å². The minimum atomic E-state index is -0.121. The highest BCUT2D eigenvalue weighted by Crippen LogP contribution is 2.34. The van der Waals surface area contributed by atoms with Gasteiger partial charge < -0.3 is 9.73 Å². The average Bonchev–Trinajstić information content (AvgIpc) is 2.96. The molecule has 0 aliphatic carbocycles. The van der Waals surface area contributed by atoms with Crippen LogP contribution >= 0.6 is 0 Å². The van der Waals surface area contributed by atoms with Crippen LogP contribution in [0.1, 0.15) is 32.3 Å². The largest absolute Gasteiger partial charge is 0.464 e. The standard InChI is InChI=1S/C16H19NO2/c1-11(2)16(8-7-15(18)17-16)9-12-10-19-14-6-4-3-5-13(12)14/h3-6,10-11H,7-9H2,1-2H3,(H,17,18). The molecule has 3 heteroatoms. The molecule has 1 atom stereocenters. The summed E-state index contributed by atoms with van der Waals surface area (Å²) in [6.45, 7) is 4.35. The summed E-state index contributed by atoms with van der Waals surface area (Å²) < 4.78 is 5.60. The zero-order valence-electron chi connectivity index (χ0n) is 11.4. The molecule has 0 saturated carbocycles. The monoisotopic (exact) mass is 257 g/mol. The van der Waals surface area contributed by atoms with Gasteiger partial charge in [0.05, 0.1) is 6.26 Å². The Kier molecular flexibility index (Phi) is 2.85. The van der Waals surface area contributed by atoms with E-state index in [-0.39, 0.29) is 11.4 Å². The molecule has 100 valence electrons. The Morgan fingerprint density at radius 1 is 1.37 bits per heavy atom. The van der Waals surface area contributed by atoms with Gasteiger partial charge in [0.2, 0.25) is 5.91 Å². The summed E-state index contributed by atoms with van der Waals surface area (Å²) in [6, 6.07) is 8.06. The van der Waals surface area contributed by atoms with Crippen molar-refractivity contribution < 1.29 is 9.21 Å². The van der Waals surface area contributed by atoms with Crippen LogP contribution in [0, 0.1) is 5.92 Å². The van der Waals surface area contributed by atoms with Crippen LogP contribution in [-0.2, 0) is 11.2 Å². The predicted octanol–water partition coefficient (Wildman–Crippen LogP) is 3.28. The summed E-state index contributed by atoms with van der Waals surface area (Å²) in [7, 11) is 0. The first-order valence-corrected chi connectivity index (χ1v) is 6.87. The van der Waals surface area contributed by atoms with Crippen molar-refractivity contribution in [2.24, 2.45) is 5.92 Å². The lowest BCUT2D eigenvalue weighted by Crippen LogP contribution is -2.48. The van der Waals surface area contributed by atoms with E-state index in [0.29, 0.717) is 12.3 Å². The lowest BCUT2D eigenvalue weighted by Gasteiger charge is -2.33. The molecule has 3 rings (SSSR count). The molecule has 0 bridgehead atoms. The second-order valence-electron chi connectivity index (χ2n) is 5.79. The summed E-state index contributed by atoms with van der Waals surface area (Å²) in [5.74, 6) is 0.578. The van der Waals surface area contributed by atoms with Crippen LogP contribution < -0.4 is 5.32 Å². The van der Waals surface area contributed by atoms with Gasteiger partial charge in [0, 0.05) is 22.9 Å². The van der Waals surface area contributed by atoms with E-state index >= 15 is 0 Å². The van der Waals surface area contributed by atoms with E-state index in [0.717, 1.165) is 23.8 Å². The molecule has 1 aromatic carbocycles. The van der Waals surface area contributed by atoms with Gasteiger partial charge in [-0.3, -0.25) is 4.79 Å². The zero-order chi connectivity index (χ0) is 13.5. The van der Waals surface area contributed by atoms with Crippen LogP contribution in [0.4, 0.5) is 0 Å². The number of carbonyl (C=O) groups is 1. The predicted molar refractivity (Wildman–Crippen MR) is 74.9 cm³/mol. The molecule has 1 fully saturated rings. The van der Waals surface area contributed by atoms with Gasteiger partial charge in [-0.15, -0.1) is 0 Å². The van der Waals surface area contributed by atoms with E-state index in [1.165, 1.54) is 5.56 Å². The maximum atomic E-state index is 11.6. The minimum Gasteiger partial charge on any atom is -0.464 e. The van der Waals surface area contributed by atoms with Gasteiger partial charge in [-0.25, -0.2) is 0 Å². The minimum absolute atomic E-state index is 0.121. The van der Waals surface area contributed by atoms with Crippen LogP contribution in [0.15, 0.2) is 34.9 Å². The molecule has 1 amide bonds. The lowest BCUT2D eigenvalue weighted by atomic mass is 9.80. The fourth-order valence-corrected chi connectivity index (χ4v) is 3.02. The second kappa shape index (κ2) is 4.41. The van der Waals surface area contributed by atoms with Gasteiger partial charge in [0.25, 0.3) is 0 Å². The first-order chi connectivity index (χ1) is 9.11. The van der Waals surface area contributed by atoms with Crippen molar-refractivity contribution in [2.45, 2.75) is 38.6 Å². The molecule has 1 unspecified atom stereocenters. The average molecular weight is 257 g/mol. The van der Waals surface area contributed by atoms with Crippen molar-refractivity contribution in [1.29, 1.82) is 0 Å². The number of benzene rings is 1. The Morgan fingerprint density at radius 3 is 2.84 bits per heavy atom. The fraction of sp³-hybridized carbons (Fsp3) is 0.438. The highest BCUT2D eigenvalue weighted by Gasteiger charge is 2.40. The third-order valence-corrected chi connectivity index (χ3v) is 4.36. The SMILES string of the molecule is CC(C)C1(Cc2coc3ccccc23)CCC(=O)N1. The summed E-state index contributed by atoms with van der Waals surface area (Å²) in [5.41, 5.74) is 1.98. The molecule has 2 aromatic rings. The number of fused-ring (bicyclic) bond motifs is 1. The van der Waals surface area contributed by atoms with Crippen LogP contribution in [-0.4, -0.2) is 11.4 Å². The molecule has 1 saturated heterocycles. The van der Waals surface area contributed by atoms with Gasteiger partial charge in [0.1, 0.15) is 5.58 Å². The number of nitrogens with one attached hydrogen (secondary N) is 1. The van der Waals surface area contributed by atoms with Gasteiger partial charge >= 0.3 is 0 Å². The number of hydrogen-bond acceptors (Lipinski definition) is 2. The maximum Gasteiger partial charge on any atom is 0.220 e.